The minimum atomic E-state index is -1.26. The number of rotatable bonds is 5. The summed E-state index contributed by atoms with van der Waals surface area (Å²) in [5.41, 5.74) is 6.07. The summed E-state index contributed by atoms with van der Waals surface area (Å²) in [7, 11) is 0. The largest absolute Gasteiger partial charge is 0.478 e. The molecule has 0 amide bonds. The molecule has 148 valence electrons. The first kappa shape index (κ1) is 21.4. The Balaban J connectivity index is 0.000000321. The smallest absolute Gasteiger partial charge is 0.328 e. The summed E-state index contributed by atoms with van der Waals surface area (Å²) in [5, 5.41) is 15.6. The first-order chi connectivity index (χ1) is 13.9. The maximum atomic E-state index is 9.55. The molecule has 0 aliphatic carbocycles. The molecular formula is C24H23NO4. The van der Waals surface area contributed by atoms with Crippen LogP contribution in [0.1, 0.15) is 11.1 Å². The van der Waals surface area contributed by atoms with Crippen LogP contribution in [-0.4, -0.2) is 22.2 Å². The molecule has 5 heteroatoms. The van der Waals surface area contributed by atoms with E-state index in [-0.39, 0.29) is 0 Å². The van der Waals surface area contributed by atoms with Crippen molar-refractivity contribution in [1.29, 1.82) is 0 Å². The molecule has 0 aromatic heterocycles. The van der Waals surface area contributed by atoms with Crippen molar-refractivity contribution in [1.82, 2.24) is 0 Å². The molecule has 29 heavy (non-hydrogen) atoms. The molecule has 0 fully saturated rings. The van der Waals surface area contributed by atoms with Crippen molar-refractivity contribution in [3.8, 4) is 0 Å². The highest BCUT2D eigenvalue weighted by molar-refractivity contribution is 5.89. The third kappa shape index (κ3) is 6.99. The van der Waals surface area contributed by atoms with E-state index in [0.29, 0.717) is 12.2 Å². The lowest BCUT2D eigenvalue weighted by Crippen LogP contribution is -2.09. The number of nitrogens with zero attached hydrogens (tertiary/aromatic N) is 1. The first-order valence-electron chi connectivity index (χ1n) is 8.99. The number of para-hydroxylation sites is 1. The lowest BCUT2D eigenvalue weighted by Gasteiger charge is -2.25. The van der Waals surface area contributed by atoms with Crippen LogP contribution in [-0.2, 0) is 9.59 Å². The van der Waals surface area contributed by atoms with Crippen molar-refractivity contribution in [3.05, 3.63) is 102 Å². The van der Waals surface area contributed by atoms with Crippen LogP contribution in [0.25, 0.3) is 0 Å². The molecule has 0 bridgehead atoms. The van der Waals surface area contributed by atoms with Gasteiger partial charge >= 0.3 is 11.9 Å². The normalized spacial score (nSPS) is 10.1. The van der Waals surface area contributed by atoms with Crippen molar-refractivity contribution in [2.45, 2.75) is 13.8 Å². The van der Waals surface area contributed by atoms with Gasteiger partial charge in [0.2, 0.25) is 0 Å². The van der Waals surface area contributed by atoms with Crippen molar-refractivity contribution >= 4 is 29.0 Å². The zero-order chi connectivity index (χ0) is 21.2. The van der Waals surface area contributed by atoms with Crippen molar-refractivity contribution in [3.63, 3.8) is 0 Å². The van der Waals surface area contributed by atoms with Crippen LogP contribution in [0.2, 0.25) is 0 Å². The second-order valence-electron chi connectivity index (χ2n) is 6.35. The highest BCUT2D eigenvalue weighted by Crippen LogP contribution is 2.34. The molecule has 0 spiro atoms. The van der Waals surface area contributed by atoms with Crippen molar-refractivity contribution < 1.29 is 19.8 Å². The maximum Gasteiger partial charge on any atom is 0.328 e. The van der Waals surface area contributed by atoms with Crippen LogP contribution >= 0.6 is 0 Å². The molecule has 0 heterocycles. The molecule has 0 saturated heterocycles. The number of carboxylic acid groups (broad SMARTS) is 2. The van der Waals surface area contributed by atoms with Gasteiger partial charge in [-0.3, -0.25) is 0 Å². The van der Waals surface area contributed by atoms with Crippen LogP contribution in [0.3, 0.4) is 0 Å². The van der Waals surface area contributed by atoms with Crippen LogP contribution in [0.15, 0.2) is 91.0 Å². The van der Waals surface area contributed by atoms with Crippen molar-refractivity contribution in [2.24, 2.45) is 0 Å². The molecule has 3 aromatic carbocycles. The van der Waals surface area contributed by atoms with E-state index in [1.165, 1.54) is 28.2 Å². The summed E-state index contributed by atoms with van der Waals surface area (Å²) in [4.78, 5) is 21.4. The van der Waals surface area contributed by atoms with Crippen molar-refractivity contribution in [2.75, 3.05) is 4.90 Å². The Kier molecular flexibility index (Phi) is 7.74. The van der Waals surface area contributed by atoms with E-state index in [9.17, 15) is 9.59 Å². The fourth-order valence-electron chi connectivity index (χ4n) is 2.55. The fourth-order valence-corrected chi connectivity index (χ4v) is 2.55. The Morgan fingerprint density at radius 3 is 1.31 bits per heavy atom. The number of aliphatic carboxylic acids is 2. The summed E-state index contributed by atoms with van der Waals surface area (Å²) >= 11 is 0. The van der Waals surface area contributed by atoms with E-state index < -0.39 is 11.9 Å². The topological polar surface area (TPSA) is 77.8 Å². The van der Waals surface area contributed by atoms with Gasteiger partial charge in [0, 0.05) is 29.2 Å². The minimum absolute atomic E-state index is 0.558. The van der Waals surface area contributed by atoms with Gasteiger partial charge in [-0.25, -0.2) is 9.59 Å². The molecule has 0 aliphatic heterocycles. The van der Waals surface area contributed by atoms with Crippen LogP contribution in [0.5, 0.6) is 0 Å². The van der Waals surface area contributed by atoms with E-state index in [4.69, 9.17) is 10.2 Å². The summed E-state index contributed by atoms with van der Waals surface area (Å²) in [6, 6.07) is 27.8. The number of aryl methyl sites for hydroxylation is 2. The zero-order valence-electron chi connectivity index (χ0n) is 16.3. The highest BCUT2D eigenvalue weighted by atomic mass is 16.4. The van der Waals surface area contributed by atoms with Gasteiger partial charge < -0.3 is 15.1 Å². The SMILES string of the molecule is Cc1ccc(N(c2ccccc2)c2ccc(C)cc2)cc1.O=C(O)/C=C/C(=O)O. The maximum absolute atomic E-state index is 9.55. The lowest BCUT2D eigenvalue weighted by molar-refractivity contribution is -0.134. The Hall–Kier alpha value is -3.86. The first-order valence-corrected chi connectivity index (χ1v) is 8.99. The third-order valence-electron chi connectivity index (χ3n) is 3.97. The van der Waals surface area contributed by atoms with Crippen LogP contribution in [0.4, 0.5) is 17.1 Å². The molecule has 0 saturated carbocycles. The van der Waals surface area contributed by atoms with Gasteiger partial charge in [-0.1, -0.05) is 53.6 Å². The molecule has 0 aliphatic rings. The van der Waals surface area contributed by atoms with Gasteiger partial charge in [-0.2, -0.15) is 0 Å². The second kappa shape index (κ2) is 10.5. The molecule has 0 unspecified atom stereocenters. The van der Waals surface area contributed by atoms with Crippen LogP contribution in [0, 0.1) is 13.8 Å². The third-order valence-corrected chi connectivity index (χ3v) is 3.97. The number of hydrogen-bond acceptors (Lipinski definition) is 3. The summed E-state index contributed by atoms with van der Waals surface area (Å²) in [5.74, 6) is -2.51. The van der Waals surface area contributed by atoms with E-state index in [1.807, 2.05) is 6.07 Å². The monoisotopic (exact) mass is 389 g/mol. The summed E-state index contributed by atoms with van der Waals surface area (Å²) in [6.45, 7) is 4.23. The van der Waals surface area contributed by atoms with E-state index >= 15 is 0 Å². The Morgan fingerprint density at radius 2 is 0.966 bits per heavy atom. The van der Waals surface area contributed by atoms with Gasteiger partial charge in [0.15, 0.2) is 0 Å². The number of hydrogen-bond donors (Lipinski definition) is 2. The van der Waals surface area contributed by atoms with Gasteiger partial charge in [-0.15, -0.1) is 0 Å². The van der Waals surface area contributed by atoms with Gasteiger partial charge in [-0.05, 0) is 50.2 Å². The average Bonchev–Trinajstić information content (AvgIpc) is 2.71. The Labute approximate surface area is 170 Å². The quantitative estimate of drug-likeness (QED) is 0.565. The zero-order valence-corrected chi connectivity index (χ0v) is 16.3. The van der Waals surface area contributed by atoms with E-state index in [1.54, 1.807) is 0 Å². The van der Waals surface area contributed by atoms with Crippen LogP contribution < -0.4 is 4.90 Å². The number of carboxylic acids is 2. The number of anilines is 3. The molecule has 3 rings (SSSR count). The second-order valence-corrected chi connectivity index (χ2v) is 6.35. The Morgan fingerprint density at radius 1 is 0.621 bits per heavy atom. The standard InChI is InChI=1S/C20H19N.C4H4O4/c1-16-8-12-19(13-9-16)21(18-6-4-3-5-7-18)20-14-10-17(2)11-15-20;5-3(6)1-2-4(7)8/h3-15H,1-2H3;1-2H,(H,5,6)(H,7,8)/b;2-1+. The summed E-state index contributed by atoms with van der Waals surface area (Å²) in [6.07, 6.45) is 1.12. The molecule has 5 nitrogen and oxygen atoms in total. The average molecular weight is 389 g/mol. The molecular weight excluding hydrogens is 366 g/mol. The lowest BCUT2D eigenvalue weighted by atomic mass is 10.1. The predicted octanol–water partition coefficient (Wildman–Crippen LogP) is 5.49. The van der Waals surface area contributed by atoms with Gasteiger partial charge in [0.25, 0.3) is 0 Å². The highest BCUT2D eigenvalue weighted by Gasteiger charge is 2.11. The molecule has 0 atom stereocenters. The molecule has 0 radical (unpaired) electrons. The fraction of sp³-hybridized carbons (Fsp3) is 0.0833. The van der Waals surface area contributed by atoms with E-state index in [0.717, 1.165) is 0 Å². The van der Waals surface area contributed by atoms with Gasteiger partial charge in [0.05, 0.1) is 0 Å². The molecule has 2 N–H and O–H groups in total. The van der Waals surface area contributed by atoms with E-state index in [2.05, 4.69) is 91.5 Å². The van der Waals surface area contributed by atoms with Gasteiger partial charge in [0.1, 0.15) is 0 Å². The molecule has 3 aromatic rings. The summed E-state index contributed by atoms with van der Waals surface area (Å²) < 4.78 is 0. The predicted molar refractivity (Wildman–Crippen MR) is 115 cm³/mol. The number of carbonyl (C=O) groups is 2. The number of benzene rings is 3. The minimum Gasteiger partial charge on any atom is -0.478 e. The Bertz CT molecular complexity index is 901.